The van der Waals surface area contributed by atoms with Gasteiger partial charge in [0, 0.05) is 19.4 Å². The van der Waals surface area contributed by atoms with Crippen molar-refractivity contribution in [3.63, 3.8) is 0 Å². The number of amides is 1. The maximum absolute atomic E-state index is 11.0. The van der Waals surface area contributed by atoms with Crippen LogP contribution in [0.1, 0.15) is 37.4 Å². The molecular weight excluding hydrogens is 182 g/mol. The number of nitrogens with zero attached hydrogens (tertiary/aromatic N) is 2. The van der Waals surface area contributed by atoms with Gasteiger partial charge in [0.05, 0.1) is 5.92 Å². The van der Waals surface area contributed by atoms with Crippen molar-refractivity contribution in [2.24, 2.45) is 0 Å². The third-order valence-corrected chi connectivity index (χ3v) is 2.28. The highest BCUT2D eigenvalue weighted by Crippen LogP contribution is 2.21. The number of aromatic nitrogens is 2. The Balaban J connectivity index is 2.05. The Morgan fingerprint density at radius 3 is 3.14 bits per heavy atom. The molecule has 1 fully saturated rings. The minimum atomic E-state index is 0.0604. The predicted molar refractivity (Wildman–Crippen MR) is 48.7 cm³/mol. The van der Waals surface area contributed by atoms with Gasteiger partial charge in [-0.1, -0.05) is 12.1 Å². The maximum atomic E-state index is 11.0. The van der Waals surface area contributed by atoms with Crippen molar-refractivity contribution < 1.29 is 9.32 Å². The van der Waals surface area contributed by atoms with Gasteiger partial charge in [-0.25, -0.2) is 0 Å². The monoisotopic (exact) mass is 195 g/mol. The van der Waals surface area contributed by atoms with E-state index in [0.29, 0.717) is 18.9 Å². The molecule has 0 bridgehead atoms. The fraction of sp³-hybridized carbons (Fsp3) is 0.667. The number of carbonyl (C=O) groups is 1. The summed E-state index contributed by atoms with van der Waals surface area (Å²) in [6.45, 7) is 2.68. The number of rotatable bonds is 3. The van der Waals surface area contributed by atoms with Gasteiger partial charge in [0.15, 0.2) is 5.82 Å². The van der Waals surface area contributed by atoms with Crippen LogP contribution in [-0.2, 0) is 11.2 Å². The Morgan fingerprint density at radius 2 is 2.50 bits per heavy atom. The van der Waals surface area contributed by atoms with Gasteiger partial charge in [-0.3, -0.25) is 4.79 Å². The molecule has 0 unspecified atom stereocenters. The molecular formula is C9H13N3O2. The second-order valence-corrected chi connectivity index (χ2v) is 3.50. The highest BCUT2D eigenvalue weighted by atomic mass is 16.5. The molecule has 1 aliphatic heterocycles. The molecule has 2 heterocycles. The van der Waals surface area contributed by atoms with Gasteiger partial charge in [-0.2, -0.15) is 4.98 Å². The molecule has 0 radical (unpaired) electrons. The number of hydrogen-bond donors (Lipinski definition) is 1. The molecule has 14 heavy (non-hydrogen) atoms. The Labute approximate surface area is 81.9 Å². The second-order valence-electron chi connectivity index (χ2n) is 3.50. The first-order valence-electron chi connectivity index (χ1n) is 4.88. The minimum Gasteiger partial charge on any atom is -0.355 e. The Hall–Kier alpha value is -1.39. The summed E-state index contributed by atoms with van der Waals surface area (Å²) in [5.41, 5.74) is 0. The summed E-state index contributed by atoms with van der Waals surface area (Å²) in [4.78, 5) is 15.2. The Bertz CT molecular complexity index is 335. The van der Waals surface area contributed by atoms with Crippen molar-refractivity contribution in [1.82, 2.24) is 15.5 Å². The molecule has 76 valence electrons. The number of carbonyl (C=O) groups excluding carboxylic acids is 1. The zero-order valence-electron chi connectivity index (χ0n) is 8.12. The lowest BCUT2D eigenvalue weighted by Gasteiger charge is -1.96. The molecule has 1 aliphatic rings. The first-order valence-corrected chi connectivity index (χ1v) is 4.88. The van der Waals surface area contributed by atoms with Crippen molar-refractivity contribution in [3.8, 4) is 0 Å². The molecule has 1 aromatic heterocycles. The molecule has 1 atom stereocenters. The van der Waals surface area contributed by atoms with E-state index in [9.17, 15) is 4.79 Å². The molecule has 0 spiro atoms. The lowest BCUT2D eigenvalue weighted by atomic mass is 10.1. The summed E-state index contributed by atoms with van der Waals surface area (Å²) in [7, 11) is 0. The zero-order chi connectivity index (χ0) is 9.97. The van der Waals surface area contributed by atoms with E-state index < -0.39 is 0 Å². The SMILES string of the molecule is CCCc1noc([C@@H]2CNC(=O)C2)n1. The summed E-state index contributed by atoms with van der Waals surface area (Å²) in [5, 5.41) is 6.59. The van der Waals surface area contributed by atoms with Crippen molar-refractivity contribution in [1.29, 1.82) is 0 Å². The highest BCUT2D eigenvalue weighted by molar-refractivity contribution is 5.79. The molecule has 1 amide bonds. The summed E-state index contributed by atoms with van der Waals surface area (Å²) in [5.74, 6) is 1.46. The molecule has 0 aliphatic carbocycles. The average molecular weight is 195 g/mol. The number of nitrogens with one attached hydrogen (secondary N) is 1. The summed E-state index contributed by atoms with van der Waals surface area (Å²) in [6.07, 6.45) is 2.30. The van der Waals surface area contributed by atoms with E-state index in [4.69, 9.17) is 4.52 Å². The summed E-state index contributed by atoms with van der Waals surface area (Å²) < 4.78 is 5.10. The maximum Gasteiger partial charge on any atom is 0.232 e. The molecule has 1 N–H and O–H groups in total. The first kappa shape index (κ1) is 9.18. The summed E-state index contributed by atoms with van der Waals surface area (Å²) in [6, 6.07) is 0. The van der Waals surface area contributed by atoms with Crippen LogP contribution in [0.25, 0.3) is 0 Å². The minimum absolute atomic E-state index is 0.0604. The van der Waals surface area contributed by atoms with Crippen LogP contribution in [-0.4, -0.2) is 22.6 Å². The van der Waals surface area contributed by atoms with E-state index >= 15 is 0 Å². The smallest absolute Gasteiger partial charge is 0.232 e. The third-order valence-electron chi connectivity index (χ3n) is 2.28. The largest absolute Gasteiger partial charge is 0.355 e. The summed E-state index contributed by atoms with van der Waals surface area (Å²) >= 11 is 0. The molecule has 5 heteroatoms. The van der Waals surface area contributed by atoms with E-state index in [-0.39, 0.29) is 11.8 Å². The molecule has 1 saturated heterocycles. The number of hydrogen-bond acceptors (Lipinski definition) is 4. The van der Waals surface area contributed by atoms with Crippen molar-refractivity contribution in [2.45, 2.75) is 32.1 Å². The van der Waals surface area contributed by atoms with Crippen molar-refractivity contribution in [3.05, 3.63) is 11.7 Å². The van der Waals surface area contributed by atoms with Crippen molar-refractivity contribution >= 4 is 5.91 Å². The van der Waals surface area contributed by atoms with Gasteiger partial charge in [-0.15, -0.1) is 0 Å². The fourth-order valence-corrected chi connectivity index (χ4v) is 1.54. The lowest BCUT2D eigenvalue weighted by Crippen LogP contribution is -2.13. The van der Waals surface area contributed by atoms with Crippen LogP contribution in [0.15, 0.2) is 4.52 Å². The van der Waals surface area contributed by atoms with Crippen LogP contribution in [0.4, 0.5) is 0 Å². The van der Waals surface area contributed by atoms with Gasteiger partial charge in [0.1, 0.15) is 0 Å². The zero-order valence-corrected chi connectivity index (χ0v) is 8.12. The standard InChI is InChI=1S/C9H13N3O2/c1-2-3-7-11-9(14-12-7)6-4-8(13)10-5-6/h6H,2-5H2,1H3,(H,10,13)/t6-/m0/s1. The molecule has 1 aromatic rings. The van der Waals surface area contributed by atoms with E-state index in [1.54, 1.807) is 0 Å². The van der Waals surface area contributed by atoms with E-state index in [0.717, 1.165) is 18.7 Å². The fourth-order valence-electron chi connectivity index (χ4n) is 1.54. The number of aryl methyl sites for hydroxylation is 1. The van der Waals surface area contributed by atoms with Crippen molar-refractivity contribution in [2.75, 3.05) is 6.54 Å². The second kappa shape index (κ2) is 3.77. The highest BCUT2D eigenvalue weighted by Gasteiger charge is 2.27. The van der Waals surface area contributed by atoms with Crippen LogP contribution in [0, 0.1) is 0 Å². The molecule has 2 rings (SSSR count). The van der Waals surface area contributed by atoms with Crippen LogP contribution in [0.5, 0.6) is 0 Å². The van der Waals surface area contributed by atoms with E-state index in [1.807, 2.05) is 0 Å². The quantitative estimate of drug-likeness (QED) is 0.767. The van der Waals surface area contributed by atoms with E-state index in [2.05, 4.69) is 22.4 Å². The van der Waals surface area contributed by atoms with Gasteiger partial charge in [-0.05, 0) is 6.42 Å². The first-order chi connectivity index (χ1) is 6.79. The van der Waals surface area contributed by atoms with Gasteiger partial charge in [0.2, 0.25) is 11.8 Å². The normalized spacial score (nSPS) is 21.2. The van der Waals surface area contributed by atoms with Gasteiger partial charge < -0.3 is 9.84 Å². The average Bonchev–Trinajstić information content (AvgIpc) is 2.74. The van der Waals surface area contributed by atoms with Crippen LogP contribution in [0.3, 0.4) is 0 Å². The van der Waals surface area contributed by atoms with E-state index in [1.165, 1.54) is 0 Å². The van der Waals surface area contributed by atoms with Crippen LogP contribution >= 0.6 is 0 Å². The Kier molecular flexibility index (Phi) is 2.47. The Morgan fingerprint density at radius 1 is 1.64 bits per heavy atom. The topological polar surface area (TPSA) is 68.0 Å². The molecule has 0 aromatic carbocycles. The van der Waals surface area contributed by atoms with Gasteiger partial charge >= 0.3 is 0 Å². The van der Waals surface area contributed by atoms with Crippen LogP contribution < -0.4 is 5.32 Å². The molecule has 5 nitrogen and oxygen atoms in total. The third kappa shape index (κ3) is 1.76. The molecule has 0 saturated carbocycles. The lowest BCUT2D eigenvalue weighted by molar-refractivity contribution is -0.119. The van der Waals surface area contributed by atoms with Crippen LogP contribution in [0.2, 0.25) is 0 Å². The van der Waals surface area contributed by atoms with Gasteiger partial charge in [0.25, 0.3) is 0 Å². The predicted octanol–water partition coefficient (Wildman–Crippen LogP) is 0.626.